The first-order valence-corrected chi connectivity index (χ1v) is 6.35. The number of carbonyl (C=O) groups is 2. The van der Waals surface area contributed by atoms with Crippen LogP contribution in [-0.4, -0.2) is 43.0 Å². The van der Waals surface area contributed by atoms with Gasteiger partial charge in [0, 0.05) is 18.7 Å². The smallest absolute Gasteiger partial charge is 0.252 e. The van der Waals surface area contributed by atoms with E-state index < -0.39 is 11.7 Å². The summed E-state index contributed by atoms with van der Waals surface area (Å²) in [5.74, 6) is -1.06. The number of carbonyl (C=O) groups excluding carboxylic acids is 2. The van der Waals surface area contributed by atoms with Gasteiger partial charge in [-0.05, 0) is 31.2 Å². The largest absolute Gasteiger partial charge is 0.378 e. The van der Waals surface area contributed by atoms with Gasteiger partial charge in [-0.1, -0.05) is 0 Å². The number of hydrogen-bond donors (Lipinski definition) is 1. The number of nitrogens with zero attached hydrogens (tertiary/aromatic N) is 1. The van der Waals surface area contributed by atoms with Crippen LogP contribution in [0.3, 0.4) is 0 Å². The number of amides is 2. The summed E-state index contributed by atoms with van der Waals surface area (Å²) >= 11 is 0. The van der Waals surface area contributed by atoms with Crippen molar-refractivity contribution in [3.8, 4) is 0 Å². The van der Waals surface area contributed by atoms with E-state index in [1.165, 1.54) is 24.3 Å². The molecular weight excluding hydrogens is 263 g/mol. The van der Waals surface area contributed by atoms with Crippen LogP contribution in [0.2, 0.25) is 0 Å². The van der Waals surface area contributed by atoms with Gasteiger partial charge in [0.15, 0.2) is 0 Å². The maximum Gasteiger partial charge on any atom is 0.252 e. The van der Waals surface area contributed by atoms with E-state index in [2.05, 4.69) is 5.32 Å². The molecule has 1 fully saturated rings. The third kappa shape index (κ3) is 3.54. The second-order valence-electron chi connectivity index (χ2n) is 4.49. The number of morpholine rings is 1. The van der Waals surface area contributed by atoms with Gasteiger partial charge in [0.2, 0.25) is 0 Å². The quantitative estimate of drug-likeness (QED) is 0.897. The van der Waals surface area contributed by atoms with E-state index in [0.29, 0.717) is 31.9 Å². The topological polar surface area (TPSA) is 58.6 Å². The summed E-state index contributed by atoms with van der Waals surface area (Å²) in [7, 11) is 0. The molecule has 0 aromatic heterocycles. The minimum absolute atomic E-state index is 0.219. The Morgan fingerprint density at radius 2 is 1.80 bits per heavy atom. The molecule has 1 radical (unpaired) electrons. The number of nitrogens with one attached hydrogen (secondary N) is 1. The molecule has 0 bridgehead atoms. The monoisotopic (exact) mass is 279 g/mol. The molecule has 2 amide bonds. The van der Waals surface area contributed by atoms with Crippen LogP contribution < -0.4 is 5.32 Å². The Morgan fingerprint density at radius 1 is 1.20 bits per heavy atom. The van der Waals surface area contributed by atoms with Crippen LogP contribution in [0, 0.1) is 11.9 Å². The molecule has 1 N–H and O–H groups in total. The third-order valence-corrected chi connectivity index (χ3v) is 3.03. The summed E-state index contributed by atoms with van der Waals surface area (Å²) in [6.07, 6.45) is 0. The predicted octanol–water partition coefficient (Wildman–Crippen LogP) is 0.966. The molecule has 0 aliphatic carbocycles. The number of benzene rings is 1. The van der Waals surface area contributed by atoms with E-state index in [0.717, 1.165) is 0 Å². The van der Waals surface area contributed by atoms with Crippen molar-refractivity contribution in [3.05, 3.63) is 41.7 Å². The van der Waals surface area contributed by atoms with Crippen LogP contribution in [0.15, 0.2) is 24.3 Å². The highest BCUT2D eigenvalue weighted by Crippen LogP contribution is 2.08. The van der Waals surface area contributed by atoms with Gasteiger partial charge in [-0.25, -0.2) is 4.39 Å². The lowest BCUT2D eigenvalue weighted by atomic mass is 10.2. The first-order chi connectivity index (χ1) is 9.58. The molecular formula is C14H16FN2O3. The Balaban J connectivity index is 1.92. The lowest BCUT2D eigenvalue weighted by molar-refractivity contribution is -0.133. The number of rotatable bonds is 3. The molecule has 1 aliphatic rings. The normalized spacial score (nSPS) is 15.2. The van der Waals surface area contributed by atoms with Crippen molar-refractivity contribution in [1.82, 2.24) is 10.2 Å². The summed E-state index contributed by atoms with van der Waals surface area (Å²) in [6, 6.07) is 5.40. The summed E-state index contributed by atoms with van der Waals surface area (Å²) in [5, 5.41) is 2.54. The predicted molar refractivity (Wildman–Crippen MR) is 70.2 cm³/mol. The highest BCUT2D eigenvalue weighted by molar-refractivity contribution is 6.00. The van der Waals surface area contributed by atoms with E-state index in [4.69, 9.17) is 4.74 Å². The van der Waals surface area contributed by atoms with Gasteiger partial charge in [-0.2, -0.15) is 0 Å². The Kier molecular flexibility index (Phi) is 4.68. The second kappa shape index (κ2) is 6.47. The average molecular weight is 279 g/mol. The first-order valence-electron chi connectivity index (χ1n) is 6.35. The van der Waals surface area contributed by atoms with Crippen LogP contribution in [0.25, 0.3) is 0 Å². The summed E-state index contributed by atoms with van der Waals surface area (Å²) in [6.45, 7) is 3.60. The van der Waals surface area contributed by atoms with Crippen LogP contribution >= 0.6 is 0 Å². The Morgan fingerprint density at radius 3 is 2.40 bits per heavy atom. The van der Waals surface area contributed by atoms with Crippen molar-refractivity contribution in [2.45, 2.75) is 6.92 Å². The number of halogens is 1. The maximum absolute atomic E-state index is 12.8. The summed E-state index contributed by atoms with van der Waals surface area (Å²) in [4.78, 5) is 25.6. The number of hydrogen-bond acceptors (Lipinski definition) is 3. The second-order valence-corrected chi connectivity index (χ2v) is 4.49. The molecule has 1 heterocycles. The van der Waals surface area contributed by atoms with Crippen LogP contribution in [0.5, 0.6) is 0 Å². The van der Waals surface area contributed by atoms with Crippen molar-refractivity contribution >= 4 is 11.8 Å². The van der Waals surface area contributed by atoms with E-state index in [9.17, 15) is 14.0 Å². The first kappa shape index (κ1) is 14.5. The molecule has 20 heavy (non-hydrogen) atoms. The van der Waals surface area contributed by atoms with E-state index in [1.54, 1.807) is 11.8 Å². The Hall–Kier alpha value is -1.95. The lowest BCUT2D eigenvalue weighted by Crippen LogP contribution is -2.46. The minimum Gasteiger partial charge on any atom is -0.378 e. The standard InChI is InChI=1S/C14H16FN2O3/c1-10(14(19)17-6-8-20-9-7-17)16-13(18)11-2-4-12(15)5-3-11/h2-5H,6-9H2,1H3,(H,16,18). The fourth-order valence-electron chi connectivity index (χ4n) is 1.90. The summed E-state index contributed by atoms with van der Waals surface area (Å²) < 4.78 is 17.9. The van der Waals surface area contributed by atoms with E-state index in [-0.39, 0.29) is 11.9 Å². The van der Waals surface area contributed by atoms with Crippen molar-refractivity contribution in [3.63, 3.8) is 0 Å². The minimum atomic E-state index is -0.427. The van der Waals surface area contributed by atoms with Crippen molar-refractivity contribution in [1.29, 1.82) is 0 Å². The molecule has 1 aliphatic heterocycles. The molecule has 1 aromatic rings. The SMILES string of the molecule is C[C](NC(=O)c1ccc(F)cc1)C(=O)N1CCOCC1. The maximum atomic E-state index is 12.8. The fourth-order valence-corrected chi connectivity index (χ4v) is 1.90. The molecule has 107 valence electrons. The van der Waals surface area contributed by atoms with Crippen molar-refractivity contribution < 1.29 is 18.7 Å². The molecule has 5 nitrogen and oxygen atoms in total. The summed E-state index contributed by atoms with van der Waals surface area (Å²) in [5.41, 5.74) is 0.306. The van der Waals surface area contributed by atoms with Crippen molar-refractivity contribution in [2.75, 3.05) is 26.3 Å². The van der Waals surface area contributed by atoms with Crippen LogP contribution in [0.4, 0.5) is 4.39 Å². The van der Waals surface area contributed by atoms with Crippen LogP contribution in [0.1, 0.15) is 17.3 Å². The lowest BCUT2D eigenvalue weighted by Gasteiger charge is -2.29. The zero-order valence-electron chi connectivity index (χ0n) is 11.2. The zero-order valence-corrected chi connectivity index (χ0v) is 11.2. The Labute approximate surface area is 116 Å². The Bertz CT molecular complexity index is 484. The van der Waals surface area contributed by atoms with E-state index in [1.807, 2.05) is 0 Å². The van der Waals surface area contributed by atoms with Crippen LogP contribution in [-0.2, 0) is 9.53 Å². The van der Waals surface area contributed by atoms with Gasteiger partial charge in [0.25, 0.3) is 11.8 Å². The molecule has 6 heteroatoms. The highest BCUT2D eigenvalue weighted by Gasteiger charge is 2.24. The highest BCUT2D eigenvalue weighted by atomic mass is 19.1. The molecule has 0 saturated carbocycles. The molecule has 0 atom stereocenters. The average Bonchev–Trinajstić information content (AvgIpc) is 2.48. The molecule has 1 aromatic carbocycles. The van der Waals surface area contributed by atoms with Gasteiger partial charge >= 0.3 is 0 Å². The molecule has 2 rings (SSSR count). The number of ether oxygens (including phenoxy) is 1. The van der Waals surface area contributed by atoms with Gasteiger partial charge in [-0.3, -0.25) is 9.59 Å². The van der Waals surface area contributed by atoms with Gasteiger partial charge in [0.05, 0.1) is 13.2 Å². The van der Waals surface area contributed by atoms with Crippen molar-refractivity contribution in [2.24, 2.45) is 0 Å². The van der Waals surface area contributed by atoms with Gasteiger partial charge < -0.3 is 15.0 Å². The third-order valence-electron chi connectivity index (χ3n) is 3.03. The van der Waals surface area contributed by atoms with Gasteiger partial charge in [-0.15, -0.1) is 0 Å². The fraction of sp³-hybridized carbons (Fsp3) is 0.357. The van der Waals surface area contributed by atoms with Gasteiger partial charge in [0.1, 0.15) is 11.9 Å². The van der Waals surface area contributed by atoms with E-state index >= 15 is 0 Å². The molecule has 0 unspecified atom stereocenters. The zero-order chi connectivity index (χ0) is 14.5. The molecule has 1 saturated heterocycles. The molecule has 0 spiro atoms.